The van der Waals surface area contributed by atoms with E-state index in [1.54, 1.807) is 0 Å². The van der Waals surface area contributed by atoms with Crippen LogP contribution in [0.1, 0.15) is 11.1 Å². The van der Waals surface area contributed by atoms with E-state index in [4.69, 9.17) is 6.42 Å². The van der Waals surface area contributed by atoms with Crippen LogP contribution < -0.4 is 0 Å². The van der Waals surface area contributed by atoms with Gasteiger partial charge in [0.2, 0.25) is 0 Å². The van der Waals surface area contributed by atoms with Gasteiger partial charge >= 0.3 is 0 Å². The molecule has 0 heterocycles. The molecule has 0 atom stereocenters. The Morgan fingerprint density at radius 3 is 2.89 bits per heavy atom. The lowest BCUT2D eigenvalue weighted by molar-refractivity contribution is 1.45. The van der Waals surface area contributed by atoms with Crippen LogP contribution in [0, 0.1) is 25.3 Å². The summed E-state index contributed by atoms with van der Waals surface area (Å²) >= 11 is 0. The molecule has 1 rings (SSSR count). The van der Waals surface area contributed by atoms with E-state index in [1.807, 2.05) is 25.1 Å². The quantitative estimate of drug-likeness (QED) is 0.452. The van der Waals surface area contributed by atoms with Gasteiger partial charge in [0.15, 0.2) is 0 Å². The zero-order valence-corrected chi connectivity index (χ0v) is 5.31. The standard InChI is InChI=1S/C9H7/c1-3-9-6-4-5-8(2)7-9/h1,4-5,7H,2H3. The van der Waals surface area contributed by atoms with E-state index in [1.165, 1.54) is 5.56 Å². The Kier molecular flexibility index (Phi) is 1.55. The van der Waals surface area contributed by atoms with Crippen LogP contribution in [0.4, 0.5) is 0 Å². The minimum absolute atomic E-state index is 0.829. The summed E-state index contributed by atoms with van der Waals surface area (Å²) in [5, 5.41) is 0. The Bertz CT molecular complexity index is 240. The van der Waals surface area contributed by atoms with Gasteiger partial charge in [-0.1, -0.05) is 18.1 Å². The minimum atomic E-state index is 0.829. The Labute approximate surface area is 55.5 Å². The molecule has 0 aliphatic carbocycles. The van der Waals surface area contributed by atoms with E-state index in [2.05, 4.69) is 12.0 Å². The van der Waals surface area contributed by atoms with Crippen LogP contribution in [0.5, 0.6) is 0 Å². The molecule has 0 nitrogen and oxygen atoms in total. The smallest absolute Gasteiger partial charge is 0.0324 e. The van der Waals surface area contributed by atoms with Gasteiger partial charge in [-0.2, -0.15) is 0 Å². The summed E-state index contributed by atoms with van der Waals surface area (Å²) in [6.07, 6.45) is 5.14. The van der Waals surface area contributed by atoms with Crippen molar-refractivity contribution in [3.63, 3.8) is 0 Å². The highest BCUT2D eigenvalue weighted by atomic mass is 13.9. The molecular formula is C9H7. The summed E-state index contributed by atoms with van der Waals surface area (Å²) in [4.78, 5) is 0. The zero-order chi connectivity index (χ0) is 6.69. The van der Waals surface area contributed by atoms with Gasteiger partial charge in [0.25, 0.3) is 0 Å². The van der Waals surface area contributed by atoms with Crippen LogP contribution in [0.15, 0.2) is 18.2 Å². The Balaban J connectivity index is 3.12. The summed E-state index contributed by atoms with van der Waals surface area (Å²) in [6.45, 7) is 2.01. The predicted molar refractivity (Wildman–Crippen MR) is 38.0 cm³/mol. The largest absolute Gasteiger partial charge is 0.115 e. The molecule has 0 N–H and O–H groups in total. The van der Waals surface area contributed by atoms with Gasteiger partial charge in [0.05, 0.1) is 0 Å². The van der Waals surface area contributed by atoms with Crippen LogP contribution in [-0.4, -0.2) is 0 Å². The first-order valence-electron chi connectivity index (χ1n) is 2.78. The Hall–Kier alpha value is -1.22. The van der Waals surface area contributed by atoms with E-state index >= 15 is 0 Å². The van der Waals surface area contributed by atoms with Crippen molar-refractivity contribution in [2.24, 2.45) is 0 Å². The molecule has 1 aromatic rings. The third-order valence-corrected chi connectivity index (χ3v) is 1.11. The summed E-state index contributed by atoms with van der Waals surface area (Å²) in [5.74, 6) is 2.51. The van der Waals surface area contributed by atoms with E-state index in [9.17, 15) is 0 Å². The van der Waals surface area contributed by atoms with Crippen LogP contribution in [0.2, 0.25) is 0 Å². The maximum absolute atomic E-state index is 5.14. The van der Waals surface area contributed by atoms with Gasteiger partial charge in [0, 0.05) is 5.56 Å². The molecule has 0 aliphatic rings. The number of terminal acetylenes is 1. The fourth-order valence-corrected chi connectivity index (χ4v) is 0.664. The van der Waals surface area contributed by atoms with Gasteiger partial charge in [-0.3, -0.25) is 0 Å². The lowest BCUT2D eigenvalue weighted by Gasteiger charge is -1.89. The topological polar surface area (TPSA) is 0 Å². The SMILES string of the molecule is C#Cc1[c]ccc(C)c1. The number of rotatable bonds is 0. The zero-order valence-electron chi connectivity index (χ0n) is 5.31. The molecule has 0 fully saturated rings. The highest BCUT2D eigenvalue weighted by Crippen LogP contribution is 1.99. The molecule has 0 saturated heterocycles. The molecule has 0 heteroatoms. The van der Waals surface area contributed by atoms with Gasteiger partial charge < -0.3 is 0 Å². The average molecular weight is 115 g/mol. The first-order valence-corrected chi connectivity index (χ1v) is 2.78. The van der Waals surface area contributed by atoms with Crippen LogP contribution >= 0.6 is 0 Å². The van der Waals surface area contributed by atoms with Crippen LogP contribution in [0.25, 0.3) is 0 Å². The predicted octanol–water partition coefficient (Wildman–Crippen LogP) is 1.78. The Morgan fingerprint density at radius 1 is 1.67 bits per heavy atom. The number of hydrogen-bond acceptors (Lipinski definition) is 0. The molecule has 9 heavy (non-hydrogen) atoms. The second-order valence-corrected chi connectivity index (χ2v) is 1.92. The number of hydrogen-bond donors (Lipinski definition) is 0. The fraction of sp³-hybridized carbons (Fsp3) is 0.111. The lowest BCUT2D eigenvalue weighted by Crippen LogP contribution is -1.74. The minimum Gasteiger partial charge on any atom is -0.115 e. The van der Waals surface area contributed by atoms with E-state index in [-0.39, 0.29) is 0 Å². The number of aryl methyl sites for hydroxylation is 1. The molecule has 1 radical (unpaired) electrons. The van der Waals surface area contributed by atoms with Crippen molar-refractivity contribution in [1.29, 1.82) is 0 Å². The second-order valence-electron chi connectivity index (χ2n) is 1.92. The molecule has 0 saturated carbocycles. The summed E-state index contributed by atoms with van der Waals surface area (Å²) in [6, 6.07) is 8.66. The lowest BCUT2D eigenvalue weighted by atomic mass is 10.1. The van der Waals surface area contributed by atoms with Gasteiger partial charge in [-0.15, -0.1) is 6.42 Å². The van der Waals surface area contributed by atoms with Crippen molar-refractivity contribution in [3.05, 3.63) is 35.4 Å². The molecule has 1 aromatic carbocycles. The first-order chi connectivity index (χ1) is 4.33. The summed E-state index contributed by atoms with van der Waals surface area (Å²) in [5.41, 5.74) is 2.01. The van der Waals surface area contributed by atoms with Crippen molar-refractivity contribution >= 4 is 0 Å². The van der Waals surface area contributed by atoms with Gasteiger partial charge in [0.1, 0.15) is 0 Å². The van der Waals surface area contributed by atoms with Gasteiger partial charge in [-0.05, 0) is 24.6 Å². The number of benzene rings is 1. The van der Waals surface area contributed by atoms with E-state index in [0.29, 0.717) is 0 Å². The summed E-state index contributed by atoms with van der Waals surface area (Å²) in [7, 11) is 0. The Morgan fingerprint density at radius 2 is 2.44 bits per heavy atom. The van der Waals surface area contributed by atoms with Crippen molar-refractivity contribution in [3.8, 4) is 12.3 Å². The molecule has 0 bridgehead atoms. The molecule has 43 valence electrons. The maximum Gasteiger partial charge on any atom is 0.0324 e. The molecular weight excluding hydrogens is 108 g/mol. The normalized spacial score (nSPS) is 8.44. The monoisotopic (exact) mass is 115 g/mol. The maximum atomic E-state index is 5.14. The highest BCUT2D eigenvalue weighted by molar-refractivity contribution is 5.33. The van der Waals surface area contributed by atoms with E-state index in [0.717, 1.165) is 5.56 Å². The average Bonchev–Trinajstić information content (AvgIpc) is 1.88. The van der Waals surface area contributed by atoms with E-state index < -0.39 is 0 Å². The van der Waals surface area contributed by atoms with Crippen molar-refractivity contribution in [2.45, 2.75) is 6.92 Å². The molecule has 0 aromatic heterocycles. The van der Waals surface area contributed by atoms with Crippen molar-refractivity contribution in [1.82, 2.24) is 0 Å². The van der Waals surface area contributed by atoms with Crippen molar-refractivity contribution < 1.29 is 0 Å². The highest BCUT2D eigenvalue weighted by Gasteiger charge is 1.84. The van der Waals surface area contributed by atoms with Crippen LogP contribution in [-0.2, 0) is 0 Å². The molecule has 0 spiro atoms. The third kappa shape index (κ3) is 1.33. The molecule has 0 amide bonds. The van der Waals surface area contributed by atoms with Crippen LogP contribution in [0.3, 0.4) is 0 Å². The second kappa shape index (κ2) is 2.37. The first kappa shape index (κ1) is 5.91. The van der Waals surface area contributed by atoms with Gasteiger partial charge in [-0.25, -0.2) is 0 Å². The fourth-order valence-electron chi connectivity index (χ4n) is 0.664. The third-order valence-electron chi connectivity index (χ3n) is 1.11. The van der Waals surface area contributed by atoms with Crippen molar-refractivity contribution in [2.75, 3.05) is 0 Å². The summed E-state index contributed by atoms with van der Waals surface area (Å²) < 4.78 is 0. The molecule has 0 aliphatic heterocycles. The molecule has 0 unspecified atom stereocenters.